The number of rotatable bonds is 2. The van der Waals surface area contributed by atoms with E-state index in [1.165, 1.54) is 6.07 Å². The van der Waals surface area contributed by atoms with Crippen molar-refractivity contribution in [3.05, 3.63) is 54.1 Å². The van der Waals surface area contributed by atoms with Gasteiger partial charge in [0, 0.05) is 12.4 Å². The van der Waals surface area contributed by atoms with E-state index >= 15 is 0 Å². The largest absolute Gasteiger partial charge is 0.298 e. The summed E-state index contributed by atoms with van der Waals surface area (Å²) in [6, 6.07) is 8.04. The summed E-state index contributed by atoms with van der Waals surface area (Å²) in [5.74, 6) is -0.501. The Balaban J connectivity index is 2.63. The summed E-state index contributed by atoms with van der Waals surface area (Å²) in [4.78, 5) is 14.6. The molecule has 0 unspecified atom stereocenters. The van der Waals surface area contributed by atoms with Crippen LogP contribution in [0.4, 0.5) is 4.39 Å². The fourth-order valence-electron chi connectivity index (χ4n) is 1.44. The Hall–Kier alpha value is -2.03. The fourth-order valence-corrected chi connectivity index (χ4v) is 1.44. The van der Waals surface area contributed by atoms with Crippen LogP contribution < -0.4 is 0 Å². The number of hydrogen-bond donors (Lipinski definition) is 0. The predicted molar refractivity (Wildman–Crippen MR) is 55.0 cm³/mol. The molecule has 2 rings (SSSR count). The molecule has 2 nitrogen and oxygen atoms in total. The van der Waals surface area contributed by atoms with E-state index in [4.69, 9.17) is 0 Å². The van der Waals surface area contributed by atoms with Gasteiger partial charge < -0.3 is 0 Å². The lowest BCUT2D eigenvalue weighted by Crippen LogP contribution is -1.92. The molecule has 0 aliphatic carbocycles. The first kappa shape index (κ1) is 9.52. The summed E-state index contributed by atoms with van der Waals surface area (Å²) < 4.78 is 13.3. The van der Waals surface area contributed by atoms with Gasteiger partial charge in [0.1, 0.15) is 5.82 Å². The van der Waals surface area contributed by atoms with Crippen molar-refractivity contribution >= 4 is 6.29 Å². The smallest absolute Gasteiger partial charge is 0.153 e. The first-order valence-corrected chi connectivity index (χ1v) is 4.47. The molecule has 0 radical (unpaired) electrons. The van der Waals surface area contributed by atoms with Crippen LogP contribution in [0.25, 0.3) is 11.1 Å². The number of aromatic nitrogens is 1. The summed E-state index contributed by atoms with van der Waals surface area (Å²) in [7, 11) is 0. The normalized spacial score (nSPS) is 9.93. The van der Waals surface area contributed by atoms with E-state index in [2.05, 4.69) is 4.98 Å². The average Bonchev–Trinajstić information content (AvgIpc) is 2.30. The highest BCUT2D eigenvalue weighted by atomic mass is 19.1. The number of benzene rings is 1. The van der Waals surface area contributed by atoms with Crippen molar-refractivity contribution in [2.45, 2.75) is 0 Å². The summed E-state index contributed by atoms with van der Waals surface area (Å²) in [5.41, 5.74) is 1.46. The third kappa shape index (κ3) is 1.76. The van der Waals surface area contributed by atoms with Crippen molar-refractivity contribution in [1.82, 2.24) is 4.98 Å². The Morgan fingerprint density at radius 2 is 1.87 bits per heavy atom. The van der Waals surface area contributed by atoms with Crippen LogP contribution >= 0.6 is 0 Å². The van der Waals surface area contributed by atoms with E-state index in [-0.39, 0.29) is 5.56 Å². The van der Waals surface area contributed by atoms with Crippen LogP contribution in [-0.2, 0) is 0 Å². The minimum atomic E-state index is -0.501. The number of carbonyl (C=O) groups excluding carboxylic acids is 1. The molecule has 15 heavy (non-hydrogen) atoms. The molecule has 0 bridgehead atoms. The zero-order chi connectivity index (χ0) is 10.7. The molecule has 0 N–H and O–H groups in total. The third-order valence-corrected chi connectivity index (χ3v) is 2.16. The molecule has 0 saturated carbocycles. The van der Waals surface area contributed by atoms with Crippen molar-refractivity contribution in [3.8, 4) is 11.1 Å². The predicted octanol–water partition coefficient (Wildman–Crippen LogP) is 2.70. The molecule has 0 aliphatic heterocycles. The molecule has 2 aromatic rings. The number of pyridine rings is 1. The third-order valence-electron chi connectivity index (χ3n) is 2.16. The Kier molecular flexibility index (Phi) is 2.54. The lowest BCUT2D eigenvalue weighted by molar-refractivity contribution is 0.112. The zero-order valence-corrected chi connectivity index (χ0v) is 7.85. The highest BCUT2D eigenvalue weighted by molar-refractivity contribution is 5.87. The quantitative estimate of drug-likeness (QED) is 0.699. The highest BCUT2D eigenvalue weighted by Crippen LogP contribution is 2.23. The molecule has 0 fully saturated rings. The fraction of sp³-hybridized carbons (Fsp3) is 0. The highest BCUT2D eigenvalue weighted by Gasteiger charge is 2.08. The van der Waals surface area contributed by atoms with Crippen molar-refractivity contribution in [2.75, 3.05) is 0 Å². The SMILES string of the molecule is O=Cc1c(F)cccc1-c1ccncc1. The Bertz CT molecular complexity index is 482. The molecule has 0 aliphatic rings. The lowest BCUT2D eigenvalue weighted by Gasteiger charge is -2.04. The molecule has 0 amide bonds. The lowest BCUT2D eigenvalue weighted by atomic mass is 10.0. The number of hydrogen-bond acceptors (Lipinski definition) is 2. The summed E-state index contributed by atoms with van der Waals surface area (Å²) >= 11 is 0. The standard InChI is InChI=1S/C12H8FNO/c13-12-3-1-2-10(11(12)8-15)9-4-6-14-7-5-9/h1-8H. The van der Waals surface area contributed by atoms with E-state index < -0.39 is 5.82 Å². The van der Waals surface area contributed by atoms with Gasteiger partial charge in [-0.05, 0) is 29.3 Å². The van der Waals surface area contributed by atoms with Gasteiger partial charge in [-0.2, -0.15) is 0 Å². The van der Waals surface area contributed by atoms with Gasteiger partial charge in [0.25, 0.3) is 0 Å². The maximum absolute atomic E-state index is 13.3. The van der Waals surface area contributed by atoms with Gasteiger partial charge in [-0.15, -0.1) is 0 Å². The molecule has 1 aromatic heterocycles. The minimum Gasteiger partial charge on any atom is -0.298 e. The second-order valence-electron chi connectivity index (χ2n) is 3.05. The van der Waals surface area contributed by atoms with Crippen molar-refractivity contribution < 1.29 is 9.18 Å². The van der Waals surface area contributed by atoms with Crippen LogP contribution in [0, 0.1) is 5.82 Å². The van der Waals surface area contributed by atoms with Gasteiger partial charge in [0.05, 0.1) is 5.56 Å². The van der Waals surface area contributed by atoms with Crippen LogP contribution in [0.3, 0.4) is 0 Å². The average molecular weight is 201 g/mol. The van der Waals surface area contributed by atoms with Gasteiger partial charge in [0.15, 0.2) is 6.29 Å². The molecule has 0 atom stereocenters. The van der Waals surface area contributed by atoms with Gasteiger partial charge in [-0.3, -0.25) is 9.78 Å². The molecular weight excluding hydrogens is 193 g/mol. The molecule has 74 valence electrons. The Morgan fingerprint density at radius 1 is 1.13 bits per heavy atom. The van der Waals surface area contributed by atoms with E-state index in [1.807, 2.05) is 0 Å². The summed E-state index contributed by atoms with van der Waals surface area (Å²) in [6.07, 6.45) is 3.74. The number of aldehydes is 1. The van der Waals surface area contributed by atoms with Gasteiger partial charge in [0.2, 0.25) is 0 Å². The Morgan fingerprint density at radius 3 is 2.53 bits per heavy atom. The molecule has 1 heterocycles. The first-order chi connectivity index (χ1) is 7.33. The van der Waals surface area contributed by atoms with Crippen molar-refractivity contribution in [2.24, 2.45) is 0 Å². The summed E-state index contributed by atoms with van der Waals surface area (Å²) in [6.45, 7) is 0. The van der Waals surface area contributed by atoms with Crippen LogP contribution in [0.15, 0.2) is 42.7 Å². The molecule has 1 aromatic carbocycles. The van der Waals surface area contributed by atoms with E-state index in [0.29, 0.717) is 11.8 Å². The van der Waals surface area contributed by atoms with Crippen LogP contribution in [0.1, 0.15) is 10.4 Å². The topological polar surface area (TPSA) is 30.0 Å². The van der Waals surface area contributed by atoms with Crippen molar-refractivity contribution in [1.29, 1.82) is 0 Å². The minimum absolute atomic E-state index is 0.0868. The van der Waals surface area contributed by atoms with Gasteiger partial charge in [-0.1, -0.05) is 12.1 Å². The van der Waals surface area contributed by atoms with E-state index in [1.54, 1.807) is 36.7 Å². The maximum atomic E-state index is 13.3. The molecule has 3 heteroatoms. The van der Waals surface area contributed by atoms with Crippen LogP contribution in [0.2, 0.25) is 0 Å². The zero-order valence-electron chi connectivity index (χ0n) is 7.85. The number of nitrogens with zero attached hydrogens (tertiary/aromatic N) is 1. The molecular formula is C12H8FNO. The summed E-state index contributed by atoms with van der Waals surface area (Å²) in [5, 5.41) is 0. The van der Waals surface area contributed by atoms with Crippen LogP contribution in [-0.4, -0.2) is 11.3 Å². The van der Waals surface area contributed by atoms with Crippen molar-refractivity contribution in [3.63, 3.8) is 0 Å². The second kappa shape index (κ2) is 4.00. The maximum Gasteiger partial charge on any atom is 0.153 e. The van der Waals surface area contributed by atoms with E-state index in [0.717, 1.165) is 5.56 Å². The molecule has 0 saturated heterocycles. The molecule has 0 spiro atoms. The Labute approximate surface area is 86.4 Å². The number of carbonyl (C=O) groups is 1. The van der Waals surface area contributed by atoms with Crippen LogP contribution in [0.5, 0.6) is 0 Å². The monoisotopic (exact) mass is 201 g/mol. The van der Waals surface area contributed by atoms with Gasteiger partial charge >= 0.3 is 0 Å². The number of halogens is 1. The van der Waals surface area contributed by atoms with E-state index in [9.17, 15) is 9.18 Å². The second-order valence-corrected chi connectivity index (χ2v) is 3.05. The van der Waals surface area contributed by atoms with Gasteiger partial charge in [-0.25, -0.2) is 4.39 Å². The first-order valence-electron chi connectivity index (χ1n) is 4.47.